The van der Waals surface area contributed by atoms with Crippen LogP contribution in [0, 0.1) is 17.8 Å². The molecule has 1 aliphatic carbocycles. The van der Waals surface area contributed by atoms with E-state index < -0.39 is 5.97 Å². The van der Waals surface area contributed by atoms with Gasteiger partial charge in [-0.3, -0.25) is 9.59 Å². The van der Waals surface area contributed by atoms with Crippen LogP contribution in [0.25, 0.3) is 0 Å². The lowest BCUT2D eigenvalue weighted by Gasteiger charge is -2.37. The van der Waals surface area contributed by atoms with E-state index in [2.05, 4.69) is 26.1 Å². The average molecular weight is 269 g/mol. The highest BCUT2D eigenvalue weighted by molar-refractivity contribution is 5.77. The molecular weight excluding hydrogens is 242 g/mol. The number of carboxylic acid groups (broad SMARTS) is 1. The molecule has 0 aromatic heterocycles. The molecule has 0 spiro atoms. The van der Waals surface area contributed by atoms with E-state index in [0.29, 0.717) is 30.6 Å². The van der Waals surface area contributed by atoms with Crippen LogP contribution >= 0.6 is 0 Å². The monoisotopic (exact) mass is 269 g/mol. The summed E-state index contributed by atoms with van der Waals surface area (Å²) in [5.74, 6) is 0.973. The fourth-order valence-corrected chi connectivity index (χ4v) is 3.05. The summed E-state index contributed by atoms with van der Waals surface area (Å²) in [7, 11) is 0. The Morgan fingerprint density at radius 3 is 2.53 bits per heavy atom. The summed E-state index contributed by atoms with van der Waals surface area (Å²) < 4.78 is 0. The van der Waals surface area contributed by atoms with Gasteiger partial charge < -0.3 is 10.4 Å². The zero-order valence-corrected chi connectivity index (χ0v) is 12.3. The molecule has 4 heteroatoms. The number of amides is 1. The summed E-state index contributed by atoms with van der Waals surface area (Å²) in [6, 6.07) is 0.265. The van der Waals surface area contributed by atoms with Crippen LogP contribution in [-0.4, -0.2) is 23.0 Å². The van der Waals surface area contributed by atoms with Gasteiger partial charge >= 0.3 is 5.97 Å². The van der Waals surface area contributed by atoms with E-state index >= 15 is 0 Å². The van der Waals surface area contributed by atoms with Crippen LogP contribution in [0.3, 0.4) is 0 Å². The van der Waals surface area contributed by atoms with Crippen molar-refractivity contribution in [2.75, 3.05) is 0 Å². The van der Waals surface area contributed by atoms with Gasteiger partial charge in [0.15, 0.2) is 0 Å². The predicted molar refractivity (Wildman–Crippen MR) is 74.8 cm³/mol. The smallest absolute Gasteiger partial charge is 0.303 e. The summed E-state index contributed by atoms with van der Waals surface area (Å²) >= 11 is 0. The Bertz CT molecular complexity index is 315. The highest BCUT2D eigenvalue weighted by atomic mass is 16.4. The third-order valence-electron chi connectivity index (χ3n) is 4.16. The number of rotatable bonds is 6. The van der Waals surface area contributed by atoms with Crippen molar-refractivity contribution in [3.63, 3.8) is 0 Å². The Labute approximate surface area is 116 Å². The number of carbonyl (C=O) groups is 2. The first-order chi connectivity index (χ1) is 8.90. The minimum atomic E-state index is -0.834. The van der Waals surface area contributed by atoms with Crippen molar-refractivity contribution in [2.24, 2.45) is 17.8 Å². The first-order valence-electron chi connectivity index (χ1n) is 7.41. The van der Waals surface area contributed by atoms with Crippen LogP contribution in [0.4, 0.5) is 0 Å². The standard InChI is InChI=1S/C15H27NO3/c1-10(2)12-8-7-11(3)9-13(12)16-14(17)5-4-6-15(18)19/h10-13H,4-9H2,1-3H3,(H,16,17)(H,18,19). The molecule has 0 radical (unpaired) electrons. The van der Waals surface area contributed by atoms with Gasteiger partial charge in [-0.15, -0.1) is 0 Å². The second kappa shape index (κ2) is 7.51. The zero-order valence-electron chi connectivity index (χ0n) is 12.3. The molecule has 0 aromatic rings. The molecule has 1 aliphatic rings. The van der Waals surface area contributed by atoms with Gasteiger partial charge in [0.25, 0.3) is 0 Å². The first kappa shape index (κ1) is 16.0. The predicted octanol–water partition coefficient (Wildman–Crippen LogP) is 2.82. The van der Waals surface area contributed by atoms with Gasteiger partial charge in [-0.05, 0) is 37.0 Å². The van der Waals surface area contributed by atoms with E-state index in [1.807, 2.05) is 0 Å². The Balaban J connectivity index is 2.42. The molecule has 1 fully saturated rings. The van der Waals surface area contributed by atoms with Crippen molar-refractivity contribution in [1.29, 1.82) is 0 Å². The molecule has 0 saturated heterocycles. The van der Waals surface area contributed by atoms with Crippen LogP contribution in [0.1, 0.15) is 59.3 Å². The number of carbonyl (C=O) groups excluding carboxylic acids is 1. The SMILES string of the molecule is CC1CCC(C(C)C)C(NC(=O)CCCC(=O)O)C1. The lowest BCUT2D eigenvalue weighted by Crippen LogP contribution is -2.45. The number of nitrogens with one attached hydrogen (secondary N) is 1. The van der Waals surface area contributed by atoms with Crippen LogP contribution in [0.15, 0.2) is 0 Å². The summed E-state index contributed by atoms with van der Waals surface area (Å²) in [6.45, 7) is 6.66. The van der Waals surface area contributed by atoms with E-state index in [1.54, 1.807) is 0 Å². The van der Waals surface area contributed by atoms with Gasteiger partial charge in [0.05, 0.1) is 0 Å². The fraction of sp³-hybridized carbons (Fsp3) is 0.867. The third kappa shape index (κ3) is 5.62. The molecule has 19 heavy (non-hydrogen) atoms. The van der Waals surface area contributed by atoms with Crippen LogP contribution < -0.4 is 5.32 Å². The maximum atomic E-state index is 11.9. The molecule has 0 bridgehead atoms. The van der Waals surface area contributed by atoms with E-state index in [0.717, 1.165) is 6.42 Å². The van der Waals surface area contributed by atoms with E-state index in [4.69, 9.17) is 5.11 Å². The lowest BCUT2D eigenvalue weighted by atomic mass is 9.74. The van der Waals surface area contributed by atoms with Gasteiger partial charge in [0.2, 0.25) is 5.91 Å². The largest absolute Gasteiger partial charge is 0.481 e. The van der Waals surface area contributed by atoms with Crippen LogP contribution in [-0.2, 0) is 9.59 Å². The van der Waals surface area contributed by atoms with Crippen molar-refractivity contribution in [2.45, 2.75) is 65.3 Å². The second-order valence-electron chi connectivity index (χ2n) is 6.25. The Hall–Kier alpha value is -1.06. The van der Waals surface area contributed by atoms with Crippen molar-refractivity contribution in [3.8, 4) is 0 Å². The second-order valence-corrected chi connectivity index (χ2v) is 6.25. The van der Waals surface area contributed by atoms with Crippen molar-refractivity contribution >= 4 is 11.9 Å². The molecular formula is C15H27NO3. The summed E-state index contributed by atoms with van der Waals surface area (Å²) in [5.41, 5.74) is 0. The van der Waals surface area contributed by atoms with Gasteiger partial charge in [-0.2, -0.15) is 0 Å². The normalized spacial score (nSPS) is 27.3. The highest BCUT2D eigenvalue weighted by Crippen LogP contribution is 2.33. The number of carboxylic acids is 1. The molecule has 0 heterocycles. The summed E-state index contributed by atoms with van der Waals surface area (Å²) in [6.07, 6.45) is 4.29. The molecule has 1 saturated carbocycles. The van der Waals surface area contributed by atoms with Gasteiger partial charge in [0.1, 0.15) is 0 Å². The lowest BCUT2D eigenvalue weighted by molar-refractivity contribution is -0.137. The average Bonchev–Trinajstić information content (AvgIpc) is 2.27. The first-order valence-corrected chi connectivity index (χ1v) is 7.41. The third-order valence-corrected chi connectivity index (χ3v) is 4.16. The number of hydrogen-bond acceptors (Lipinski definition) is 2. The molecule has 3 atom stereocenters. The molecule has 2 N–H and O–H groups in total. The Morgan fingerprint density at radius 1 is 1.26 bits per heavy atom. The van der Waals surface area contributed by atoms with Gasteiger partial charge in [-0.1, -0.05) is 27.2 Å². The topological polar surface area (TPSA) is 66.4 Å². The summed E-state index contributed by atoms with van der Waals surface area (Å²) in [4.78, 5) is 22.3. The molecule has 0 aromatic carbocycles. The Morgan fingerprint density at radius 2 is 1.95 bits per heavy atom. The quantitative estimate of drug-likeness (QED) is 0.779. The van der Waals surface area contributed by atoms with Crippen LogP contribution in [0.5, 0.6) is 0 Å². The molecule has 1 rings (SSSR count). The van der Waals surface area contributed by atoms with Crippen LogP contribution in [0.2, 0.25) is 0 Å². The fourth-order valence-electron chi connectivity index (χ4n) is 3.05. The van der Waals surface area contributed by atoms with E-state index in [9.17, 15) is 9.59 Å². The minimum Gasteiger partial charge on any atom is -0.481 e. The molecule has 4 nitrogen and oxygen atoms in total. The molecule has 3 unspecified atom stereocenters. The van der Waals surface area contributed by atoms with Crippen molar-refractivity contribution in [1.82, 2.24) is 5.32 Å². The van der Waals surface area contributed by atoms with Gasteiger partial charge in [-0.25, -0.2) is 0 Å². The minimum absolute atomic E-state index is 0.00556. The van der Waals surface area contributed by atoms with E-state index in [1.165, 1.54) is 12.8 Å². The maximum Gasteiger partial charge on any atom is 0.303 e. The van der Waals surface area contributed by atoms with Crippen molar-refractivity contribution < 1.29 is 14.7 Å². The summed E-state index contributed by atoms with van der Waals surface area (Å²) in [5, 5.41) is 11.7. The molecule has 1 amide bonds. The highest BCUT2D eigenvalue weighted by Gasteiger charge is 2.31. The number of aliphatic carboxylic acids is 1. The Kier molecular flexibility index (Phi) is 6.32. The molecule has 0 aliphatic heterocycles. The van der Waals surface area contributed by atoms with Crippen molar-refractivity contribution in [3.05, 3.63) is 0 Å². The maximum absolute atomic E-state index is 11.9. The van der Waals surface area contributed by atoms with E-state index in [-0.39, 0.29) is 18.4 Å². The van der Waals surface area contributed by atoms with Gasteiger partial charge in [0, 0.05) is 18.9 Å². The molecule has 110 valence electrons. The number of hydrogen-bond donors (Lipinski definition) is 2. The zero-order chi connectivity index (χ0) is 14.4.